The third kappa shape index (κ3) is 3.19. The van der Waals surface area contributed by atoms with Gasteiger partial charge in [0.15, 0.2) is 0 Å². The van der Waals surface area contributed by atoms with Crippen molar-refractivity contribution in [3.05, 3.63) is 60.6 Å². The number of piperidine rings is 1. The van der Waals surface area contributed by atoms with Crippen LogP contribution in [0.3, 0.4) is 0 Å². The molecule has 0 atom stereocenters. The summed E-state index contributed by atoms with van der Waals surface area (Å²) in [6.45, 7) is 2.94. The number of aromatic nitrogens is 3. The second-order valence-electron chi connectivity index (χ2n) is 7.41. The van der Waals surface area contributed by atoms with Crippen molar-refractivity contribution >= 4 is 21.9 Å². The summed E-state index contributed by atoms with van der Waals surface area (Å²) in [6, 6.07) is 16.6. The third-order valence-electron chi connectivity index (χ3n) is 5.53. The number of fused-ring (bicyclic) bond motifs is 2. The molecule has 1 aliphatic heterocycles. The first kappa shape index (κ1) is 16.4. The molecule has 1 saturated heterocycles. The number of likely N-dealkylation sites (tertiary alicyclic amines) is 1. The maximum Gasteiger partial charge on any atom is 0.129 e. The van der Waals surface area contributed by atoms with E-state index >= 15 is 0 Å². The summed E-state index contributed by atoms with van der Waals surface area (Å²) in [6.07, 6.45) is 4.46. The molecule has 5 rings (SSSR count). The lowest BCUT2D eigenvalue weighted by atomic mass is 10.1. The first-order chi connectivity index (χ1) is 13.3. The van der Waals surface area contributed by atoms with Crippen LogP contribution in [-0.4, -0.2) is 38.6 Å². The standard InChI is InChI=1S/C22H24N4O/c1-25-12-11-17-20(25)7-4-8-21(17)27-16-9-13-26(14-10-16)15-22-23-18-5-2-3-6-19(18)24-22/h2-8,11-12,16H,9-10,13-15H2,1H3,(H,23,24). The van der Waals surface area contributed by atoms with E-state index in [-0.39, 0.29) is 6.10 Å². The van der Waals surface area contributed by atoms with Gasteiger partial charge in [-0.25, -0.2) is 4.98 Å². The number of benzene rings is 2. The van der Waals surface area contributed by atoms with E-state index in [1.165, 1.54) is 10.9 Å². The van der Waals surface area contributed by atoms with Crippen LogP contribution < -0.4 is 4.74 Å². The van der Waals surface area contributed by atoms with Crippen molar-refractivity contribution in [3.63, 3.8) is 0 Å². The normalized spacial score (nSPS) is 16.3. The van der Waals surface area contributed by atoms with E-state index in [1.54, 1.807) is 0 Å². The second kappa shape index (κ2) is 6.74. The van der Waals surface area contributed by atoms with Crippen molar-refractivity contribution in [1.29, 1.82) is 0 Å². The van der Waals surface area contributed by atoms with Gasteiger partial charge in [-0.05, 0) is 43.2 Å². The van der Waals surface area contributed by atoms with Gasteiger partial charge >= 0.3 is 0 Å². The Labute approximate surface area is 158 Å². The number of para-hydroxylation sites is 2. The fourth-order valence-corrected chi connectivity index (χ4v) is 4.03. The van der Waals surface area contributed by atoms with E-state index in [9.17, 15) is 0 Å². The number of aryl methyl sites for hydroxylation is 1. The smallest absolute Gasteiger partial charge is 0.129 e. The molecule has 138 valence electrons. The number of H-pyrrole nitrogens is 1. The fraction of sp³-hybridized carbons (Fsp3) is 0.318. The molecule has 27 heavy (non-hydrogen) atoms. The molecule has 3 heterocycles. The Kier molecular flexibility index (Phi) is 4.09. The van der Waals surface area contributed by atoms with Gasteiger partial charge in [-0.2, -0.15) is 0 Å². The van der Waals surface area contributed by atoms with Gasteiger partial charge in [0.05, 0.1) is 23.1 Å². The summed E-state index contributed by atoms with van der Waals surface area (Å²) in [5, 5.41) is 1.20. The van der Waals surface area contributed by atoms with E-state index in [1.807, 2.05) is 12.1 Å². The number of hydrogen-bond donors (Lipinski definition) is 1. The van der Waals surface area contributed by atoms with Crippen molar-refractivity contribution in [1.82, 2.24) is 19.4 Å². The van der Waals surface area contributed by atoms with E-state index in [4.69, 9.17) is 9.72 Å². The van der Waals surface area contributed by atoms with Gasteiger partial charge in [0, 0.05) is 31.7 Å². The number of hydrogen-bond acceptors (Lipinski definition) is 3. The van der Waals surface area contributed by atoms with Crippen LogP contribution in [0.1, 0.15) is 18.7 Å². The molecule has 1 fully saturated rings. The molecule has 5 nitrogen and oxygen atoms in total. The van der Waals surface area contributed by atoms with Crippen molar-refractivity contribution in [3.8, 4) is 5.75 Å². The predicted octanol–water partition coefficient (Wildman–Crippen LogP) is 4.10. The Hall–Kier alpha value is -2.79. The van der Waals surface area contributed by atoms with E-state index < -0.39 is 0 Å². The molecule has 0 unspecified atom stereocenters. The molecule has 1 aliphatic rings. The van der Waals surface area contributed by atoms with E-state index in [2.05, 4.69) is 64.1 Å². The highest BCUT2D eigenvalue weighted by molar-refractivity contribution is 5.86. The third-order valence-corrected chi connectivity index (χ3v) is 5.53. The summed E-state index contributed by atoms with van der Waals surface area (Å²) < 4.78 is 8.50. The van der Waals surface area contributed by atoms with Gasteiger partial charge in [0.2, 0.25) is 0 Å². The summed E-state index contributed by atoms with van der Waals surface area (Å²) in [5.41, 5.74) is 3.37. The lowest BCUT2D eigenvalue weighted by Crippen LogP contribution is -2.38. The van der Waals surface area contributed by atoms with Crippen molar-refractivity contribution < 1.29 is 4.74 Å². The molecule has 2 aromatic carbocycles. The Balaban J connectivity index is 1.22. The highest BCUT2D eigenvalue weighted by Crippen LogP contribution is 2.29. The maximum absolute atomic E-state index is 6.37. The Morgan fingerprint density at radius 3 is 2.78 bits per heavy atom. The van der Waals surface area contributed by atoms with Gasteiger partial charge in [0.1, 0.15) is 17.7 Å². The largest absolute Gasteiger partial charge is 0.490 e. The quantitative estimate of drug-likeness (QED) is 0.596. The topological polar surface area (TPSA) is 46.1 Å². The molecular formula is C22H24N4O. The summed E-state index contributed by atoms with van der Waals surface area (Å²) in [4.78, 5) is 10.6. The lowest BCUT2D eigenvalue weighted by Gasteiger charge is -2.31. The monoisotopic (exact) mass is 360 g/mol. The predicted molar refractivity (Wildman–Crippen MR) is 108 cm³/mol. The zero-order valence-electron chi connectivity index (χ0n) is 15.6. The molecule has 2 aromatic heterocycles. The second-order valence-corrected chi connectivity index (χ2v) is 7.41. The van der Waals surface area contributed by atoms with Crippen molar-refractivity contribution in [2.75, 3.05) is 13.1 Å². The number of imidazole rings is 1. The maximum atomic E-state index is 6.37. The molecule has 0 aliphatic carbocycles. The van der Waals surface area contributed by atoms with Crippen LogP contribution >= 0.6 is 0 Å². The van der Waals surface area contributed by atoms with Gasteiger partial charge < -0.3 is 14.3 Å². The zero-order valence-corrected chi connectivity index (χ0v) is 15.6. The minimum atomic E-state index is 0.280. The fourth-order valence-electron chi connectivity index (χ4n) is 4.03. The lowest BCUT2D eigenvalue weighted by molar-refractivity contribution is 0.0967. The average Bonchev–Trinajstić information content (AvgIpc) is 3.27. The Bertz CT molecular complexity index is 1040. The van der Waals surface area contributed by atoms with E-state index in [0.717, 1.165) is 55.1 Å². The van der Waals surface area contributed by atoms with Crippen molar-refractivity contribution in [2.45, 2.75) is 25.5 Å². The van der Waals surface area contributed by atoms with Crippen molar-refractivity contribution in [2.24, 2.45) is 7.05 Å². The highest BCUT2D eigenvalue weighted by atomic mass is 16.5. The SMILES string of the molecule is Cn1ccc2c(OC3CCN(Cc4nc5ccccc5[nH]4)CC3)cccc21. The average molecular weight is 360 g/mol. The van der Waals surface area contributed by atoms with Crippen LogP contribution in [0.4, 0.5) is 0 Å². The molecule has 0 amide bonds. The zero-order chi connectivity index (χ0) is 18.2. The number of ether oxygens (including phenoxy) is 1. The van der Waals surface area contributed by atoms with Gasteiger partial charge in [0.25, 0.3) is 0 Å². The van der Waals surface area contributed by atoms with Gasteiger partial charge in [-0.15, -0.1) is 0 Å². The molecule has 0 radical (unpaired) electrons. The van der Waals surface area contributed by atoms with Crippen LogP contribution in [0, 0.1) is 0 Å². The summed E-state index contributed by atoms with van der Waals surface area (Å²) >= 11 is 0. The summed E-state index contributed by atoms with van der Waals surface area (Å²) in [5.74, 6) is 2.05. The first-order valence-electron chi connectivity index (χ1n) is 9.63. The number of aromatic amines is 1. The molecule has 4 aromatic rings. The molecule has 0 spiro atoms. The summed E-state index contributed by atoms with van der Waals surface area (Å²) in [7, 11) is 2.07. The van der Waals surface area contributed by atoms with Gasteiger partial charge in [-0.3, -0.25) is 4.90 Å². The first-order valence-corrected chi connectivity index (χ1v) is 9.63. The molecular weight excluding hydrogens is 336 g/mol. The molecule has 0 bridgehead atoms. The van der Waals surface area contributed by atoms with Gasteiger partial charge in [-0.1, -0.05) is 18.2 Å². The van der Waals surface area contributed by atoms with Crippen LogP contribution in [0.25, 0.3) is 21.9 Å². The Morgan fingerprint density at radius 2 is 1.93 bits per heavy atom. The van der Waals surface area contributed by atoms with Crippen LogP contribution in [-0.2, 0) is 13.6 Å². The number of nitrogens with zero attached hydrogens (tertiary/aromatic N) is 3. The highest BCUT2D eigenvalue weighted by Gasteiger charge is 2.22. The molecule has 0 saturated carbocycles. The Morgan fingerprint density at radius 1 is 1.07 bits per heavy atom. The minimum Gasteiger partial charge on any atom is -0.490 e. The molecule has 5 heteroatoms. The van der Waals surface area contributed by atoms with Crippen LogP contribution in [0.2, 0.25) is 0 Å². The van der Waals surface area contributed by atoms with E-state index in [0.29, 0.717) is 0 Å². The molecule has 1 N–H and O–H groups in total. The van der Waals surface area contributed by atoms with Crippen LogP contribution in [0.5, 0.6) is 5.75 Å². The minimum absolute atomic E-state index is 0.280. The number of rotatable bonds is 4. The number of nitrogens with one attached hydrogen (secondary N) is 1. The van der Waals surface area contributed by atoms with Crippen LogP contribution in [0.15, 0.2) is 54.7 Å².